The summed E-state index contributed by atoms with van der Waals surface area (Å²) < 4.78 is 13.5. The molecule has 0 atom stereocenters. The van der Waals surface area contributed by atoms with Crippen molar-refractivity contribution in [2.45, 2.75) is 32.9 Å². The van der Waals surface area contributed by atoms with E-state index in [0.717, 1.165) is 16.2 Å². The summed E-state index contributed by atoms with van der Waals surface area (Å²) in [6, 6.07) is 4.45. The van der Waals surface area contributed by atoms with Crippen LogP contribution in [0.3, 0.4) is 0 Å². The van der Waals surface area contributed by atoms with Crippen LogP contribution in [0.1, 0.15) is 25.0 Å². The molecule has 2 aromatic rings. The highest BCUT2D eigenvalue weighted by molar-refractivity contribution is 5.74. The van der Waals surface area contributed by atoms with E-state index in [1.165, 1.54) is 12.1 Å². The van der Waals surface area contributed by atoms with Crippen LogP contribution in [0.2, 0.25) is 0 Å². The second kappa shape index (κ2) is 6.55. The van der Waals surface area contributed by atoms with Gasteiger partial charge < -0.3 is 20.7 Å². The summed E-state index contributed by atoms with van der Waals surface area (Å²) in [5.74, 6) is 0.204. The first-order valence-electron chi connectivity index (χ1n) is 8.02. The molecule has 0 radical (unpaired) electrons. The van der Waals surface area contributed by atoms with Crippen molar-refractivity contribution in [2.24, 2.45) is 0 Å². The quantitative estimate of drug-likeness (QED) is 0.780. The molecule has 1 aromatic carbocycles. The SMILES string of the molecule is Cc1cc(F)ccc1-c1nc(NC(C)(C)CO)nc2c1CNCN2[O-]. The number of benzene rings is 1. The maximum Gasteiger partial charge on any atom is 0.225 e. The van der Waals surface area contributed by atoms with E-state index in [2.05, 4.69) is 20.6 Å². The molecule has 0 saturated carbocycles. The van der Waals surface area contributed by atoms with E-state index in [4.69, 9.17) is 0 Å². The van der Waals surface area contributed by atoms with Crippen LogP contribution >= 0.6 is 0 Å². The lowest BCUT2D eigenvalue weighted by Gasteiger charge is -2.37. The van der Waals surface area contributed by atoms with Crippen LogP contribution in [0.15, 0.2) is 18.2 Å². The summed E-state index contributed by atoms with van der Waals surface area (Å²) in [7, 11) is 0. The van der Waals surface area contributed by atoms with E-state index in [1.807, 2.05) is 0 Å². The third-order valence-electron chi connectivity index (χ3n) is 4.07. The van der Waals surface area contributed by atoms with Gasteiger partial charge in [0.2, 0.25) is 5.95 Å². The molecule has 1 aliphatic rings. The molecule has 0 fully saturated rings. The Morgan fingerprint density at radius 3 is 2.84 bits per heavy atom. The minimum absolute atomic E-state index is 0.124. The Hall–Kier alpha value is -2.29. The van der Waals surface area contributed by atoms with Crippen LogP contribution in [-0.4, -0.2) is 33.9 Å². The van der Waals surface area contributed by atoms with Crippen molar-refractivity contribution in [3.63, 3.8) is 0 Å². The van der Waals surface area contributed by atoms with E-state index < -0.39 is 5.54 Å². The van der Waals surface area contributed by atoms with Crippen molar-refractivity contribution in [2.75, 3.05) is 23.7 Å². The topological polar surface area (TPSA) is 96.4 Å². The van der Waals surface area contributed by atoms with E-state index in [9.17, 15) is 14.7 Å². The zero-order chi connectivity index (χ0) is 18.2. The summed E-state index contributed by atoms with van der Waals surface area (Å²) in [5.41, 5.74) is 2.05. The average molecular weight is 346 g/mol. The molecule has 25 heavy (non-hydrogen) atoms. The second-order valence-electron chi connectivity index (χ2n) is 6.79. The van der Waals surface area contributed by atoms with Gasteiger partial charge in [0.05, 0.1) is 24.5 Å². The Morgan fingerprint density at radius 1 is 1.40 bits per heavy atom. The Labute approximate surface area is 145 Å². The van der Waals surface area contributed by atoms with Crippen molar-refractivity contribution in [1.82, 2.24) is 15.3 Å². The number of aliphatic hydroxyl groups excluding tert-OH is 1. The number of aromatic nitrogens is 2. The molecule has 0 bridgehead atoms. The Kier molecular flexibility index (Phi) is 4.59. The minimum atomic E-state index is -0.649. The first-order chi connectivity index (χ1) is 11.8. The molecule has 7 nitrogen and oxygen atoms in total. The summed E-state index contributed by atoms with van der Waals surface area (Å²) in [6.45, 7) is 5.85. The molecule has 3 rings (SSSR count). The number of aliphatic hydroxyl groups is 1. The van der Waals surface area contributed by atoms with Crippen LogP contribution in [0.25, 0.3) is 11.3 Å². The second-order valence-corrected chi connectivity index (χ2v) is 6.79. The van der Waals surface area contributed by atoms with Gasteiger partial charge in [-0.1, -0.05) is 0 Å². The fraction of sp³-hybridized carbons (Fsp3) is 0.412. The molecule has 3 N–H and O–H groups in total. The predicted octanol–water partition coefficient (Wildman–Crippen LogP) is 2.14. The third kappa shape index (κ3) is 3.55. The number of aryl methyl sites for hydroxylation is 1. The number of nitrogens with one attached hydrogen (secondary N) is 2. The zero-order valence-electron chi connectivity index (χ0n) is 14.4. The maximum atomic E-state index is 13.5. The minimum Gasteiger partial charge on any atom is -0.756 e. The molecular formula is C17H21FN5O2-. The first-order valence-corrected chi connectivity index (χ1v) is 8.02. The number of hydroxylamine groups is 1. The lowest BCUT2D eigenvalue weighted by molar-refractivity contribution is 0.233. The molecule has 134 valence electrons. The Balaban J connectivity index is 2.17. The zero-order valence-corrected chi connectivity index (χ0v) is 14.4. The number of hydrogen-bond acceptors (Lipinski definition) is 7. The highest BCUT2D eigenvalue weighted by Crippen LogP contribution is 2.33. The molecule has 0 spiro atoms. The molecule has 2 heterocycles. The molecule has 8 heteroatoms. The van der Waals surface area contributed by atoms with Crippen LogP contribution in [-0.2, 0) is 6.54 Å². The van der Waals surface area contributed by atoms with Crippen molar-refractivity contribution < 1.29 is 9.50 Å². The largest absolute Gasteiger partial charge is 0.756 e. The molecular weight excluding hydrogens is 325 g/mol. The van der Waals surface area contributed by atoms with Gasteiger partial charge in [-0.2, -0.15) is 4.98 Å². The molecule has 0 amide bonds. The van der Waals surface area contributed by atoms with Gasteiger partial charge in [0.1, 0.15) is 11.6 Å². The number of fused-ring (bicyclic) bond motifs is 1. The van der Waals surface area contributed by atoms with Crippen molar-refractivity contribution in [1.29, 1.82) is 0 Å². The van der Waals surface area contributed by atoms with E-state index in [0.29, 0.717) is 17.8 Å². The van der Waals surface area contributed by atoms with Gasteiger partial charge in [0, 0.05) is 17.7 Å². The molecule has 1 aromatic heterocycles. The van der Waals surface area contributed by atoms with E-state index >= 15 is 0 Å². The number of nitrogens with zero attached hydrogens (tertiary/aromatic N) is 3. The summed E-state index contributed by atoms with van der Waals surface area (Å²) in [5, 5.41) is 28.5. The van der Waals surface area contributed by atoms with Crippen LogP contribution in [0.5, 0.6) is 0 Å². The molecule has 0 aliphatic carbocycles. The molecule has 1 aliphatic heterocycles. The fourth-order valence-electron chi connectivity index (χ4n) is 2.71. The van der Waals surface area contributed by atoms with Gasteiger partial charge in [-0.05, 0) is 44.5 Å². The molecule has 0 unspecified atom stereocenters. The Bertz CT molecular complexity index is 797. The normalized spacial score (nSPS) is 14.4. The van der Waals surface area contributed by atoms with Gasteiger partial charge in [0.15, 0.2) is 0 Å². The molecule has 0 saturated heterocycles. The smallest absolute Gasteiger partial charge is 0.225 e. The maximum absolute atomic E-state index is 13.5. The van der Waals surface area contributed by atoms with E-state index in [1.54, 1.807) is 26.8 Å². The fourth-order valence-corrected chi connectivity index (χ4v) is 2.71. The highest BCUT2D eigenvalue weighted by Gasteiger charge is 2.24. The summed E-state index contributed by atoms with van der Waals surface area (Å²) in [4.78, 5) is 8.88. The predicted molar refractivity (Wildman–Crippen MR) is 94.5 cm³/mol. The summed E-state index contributed by atoms with van der Waals surface area (Å²) >= 11 is 0. The number of rotatable bonds is 4. The van der Waals surface area contributed by atoms with E-state index in [-0.39, 0.29) is 30.9 Å². The van der Waals surface area contributed by atoms with Crippen molar-refractivity contribution in [3.05, 3.63) is 40.4 Å². The number of anilines is 2. The van der Waals surface area contributed by atoms with Crippen molar-refractivity contribution >= 4 is 11.8 Å². The first kappa shape index (κ1) is 17.5. The lowest BCUT2D eigenvalue weighted by atomic mass is 10.0. The lowest BCUT2D eigenvalue weighted by Crippen LogP contribution is -2.38. The highest BCUT2D eigenvalue weighted by atomic mass is 19.1. The van der Waals surface area contributed by atoms with Gasteiger partial charge in [-0.15, -0.1) is 0 Å². The number of hydrogen-bond donors (Lipinski definition) is 3. The van der Waals surface area contributed by atoms with Crippen LogP contribution in [0.4, 0.5) is 16.2 Å². The standard InChI is InChI=1S/C17H21FN5O2/c1-10-6-11(18)4-5-12(10)14-13-7-19-9-23(25)15(13)21-16(20-14)22-17(2,3)8-24/h4-6,19,24H,7-9H2,1-3H3,(H,20,21,22)/q-1. The monoisotopic (exact) mass is 346 g/mol. The van der Waals surface area contributed by atoms with Gasteiger partial charge in [-0.25, -0.2) is 9.37 Å². The van der Waals surface area contributed by atoms with Gasteiger partial charge in [-0.3, -0.25) is 5.32 Å². The Morgan fingerprint density at radius 2 is 2.16 bits per heavy atom. The van der Waals surface area contributed by atoms with Gasteiger partial charge in [0.25, 0.3) is 0 Å². The average Bonchev–Trinajstić information content (AvgIpc) is 2.55. The number of halogens is 1. The van der Waals surface area contributed by atoms with Crippen molar-refractivity contribution in [3.8, 4) is 11.3 Å². The van der Waals surface area contributed by atoms with Gasteiger partial charge >= 0.3 is 0 Å². The van der Waals surface area contributed by atoms with Crippen LogP contribution < -0.4 is 15.7 Å². The summed E-state index contributed by atoms with van der Waals surface area (Å²) in [6.07, 6.45) is 0. The van der Waals surface area contributed by atoms with Crippen LogP contribution in [0, 0.1) is 17.9 Å². The third-order valence-corrected chi connectivity index (χ3v) is 4.07.